The van der Waals surface area contributed by atoms with E-state index < -0.39 is 43.2 Å². The van der Waals surface area contributed by atoms with Crippen molar-refractivity contribution in [1.82, 2.24) is 0 Å². The van der Waals surface area contributed by atoms with E-state index in [-0.39, 0.29) is 6.42 Å². The maximum absolute atomic E-state index is 13.5. The molecular formula is C18H27F5O2Si. The van der Waals surface area contributed by atoms with E-state index in [1.165, 1.54) is 0 Å². The van der Waals surface area contributed by atoms with Crippen LogP contribution in [0.1, 0.15) is 50.5 Å². The van der Waals surface area contributed by atoms with Crippen molar-refractivity contribution in [2.45, 2.75) is 64.0 Å². The van der Waals surface area contributed by atoms with Crippen molar-refractivity contribution < 1.29 is 30.8 Å². The van der Waals surface area contributed by atoms with Crippen LogP contribution in [0.3, 0.4) is 0 Å². The number of unbranched alkanes of at least 4 members (excludes halogenated alkanes) is 6. The second-order valence-electron chi connectivity index (χ2n) is 6.57. The molecule has 1 aromatic carbocycles. The third kappa shape index (κ3) is 6.31. The Labute approximate surface area is 152 Å². The molecule has 0 aliphatic carbocycles. The summed E-state index contributed by atoms with van der Waals surface area (Å²) in [6.45, 7) is 2.02. The van der Waals surface area contributed by atoms with Gasteiger partial charge in [-0.25, -0.2) is 22.0 Å². The minimum atomic E-state index is -2.11. The number of halogens is 5. The van der Waals surface area contributed by atoms with Gasteiger partial charge in [-0.15, -0.1) is 0 Å². The van der Waals surface area contributed by atoms with Gasteiger partial charge in [-0.1, -0.05) is 38.5 Å². The summed E-state index contributed by atoms with van der Waals surface area (Å²) in [4.78, 5) is 0. The SMILES string of the molecule is CO[Si](C)(CCCCCCCCCc1c(F)c(F)c(F)c(F)c1F)OC. The van der Waals surface area contributed by atoms with E-state index in [1.54, 1.807) is 14.2 Å². The lowest BCUT2D eigenvalue weighted by Crippen LogP contribution is -2.35. The topological polar surface area (TPSA) is 18.5 Å². The Morgan fingerprint density at radius 1 is 0.615 bits per heavy atom. The standard InChI is InChI=1S/C18H27F5O2Si/c1-24-26(3,25-2)12-10-8-6-4-5-7-9-11-13-14(19)16(21)18(23)17(22)15(13)20/h4-12H2,1-3H3. The molecule has 0 N–H and O–H groups in total. The molecule has 0 aliphatic heterocycles. The monoisotopic (exact) mass is 398 g/mol. The summed E-state index contributed by atoms with van der Waals surface area (Å²) in [5.41, 5.74) is -0.718. The van der Waals surface area contributed by atoms with Crippen LogP contribution in [0.4, 0.5) is 22.0 Å². The van der Waals surface area contributed by atoms with Crippen molar-refractivity contribution in [2.75, 3.05) is 14.2 Å². The summed E-state index contributed by atoms with van der Waals surface area (Å²) in [5, 5.41) is 0. The molecule has 0 saturated carbocycles. The van der Waals surface area contributed by atoms with Crippen LogP contribution in [0.25, 0.3) is 0 Å². The van der Waals surface area contributed by atoms with Crippen molar-refractivity contribution in [3.63, 3.8) is 0 Å². The average molecular weight is 398 g/mol. The first kappa shape index (κ1) is 23.0. The summed E-state index contributed by atoms with van der Waals surface area (Å²) in [5.74, 6) is -9.29. The lowest BCUT2D eigenvalue weighted by molar-refractivity contribution is 0.248. The molecule has 0 aliphatic rings. The van der Waals surface area contributed by atoms with E-state index in [2.05, 4.69) is 0 Å². The molecule has 8 heteroatoms. The van der Waals surface area contributed by atoms with Crippen LogP contribution in [0.15, 0.2) is 0 Å². The van der Waals surface area contributed by atoms with Gasteiger partial charge in [-0.05, 0) is 25.4 Å². The van der Waals surface area contributed by atoms with E-state index in [0.29, 0.717) is 12.8 Å². The van der Waals surface area contributed by atoms with Gasteiger partial charge in [0.05, 0.1) is 0 Å². The molecule has 0 bridgehead atoms. The highest BCUT2D eigenvalue weighted by Crippen LogP contribution is 2.25. The highest BCUT2D eigenvalue weighted by molar-refractivity contribution is 6.65. The Kier molecular flexibility index (Phi) is 9.74. The molecule has 0 aromatic heterocycles. The summed E-state index contributed by atoms with van der Waals surface area (Å²) < 4.78 is 77.1. The Morgan fingerprint density at radius 3 is 1.46 bits per heavy atom. The van der Waals surface area contributed by atoms with E-state index >= 15 is 0 Å². The number of rotatable bonds is 12. The summed E-state index contributed by atoms with van der Waals surface area (Å²) in [6, 6.07) is 0.931. The maximum atomic E-state index is 13.5. The van der Waals surface area contributed by atoms with Crippen LogP contribution >= 0.6 is 0 Å². The zero-order chi connectivity index (χ0) is 19.7. The number of hydrogen-bond donors (Lipinski definition) is 0. The van der Waals surface area contributed by atoms with Gasteiger partial charge in [0, 0.05) is 19.8 Å². The minimum absolute atomic E-state index is 0.155. The van der Waals surface area contributed by atoms with Crippen LogP contribution in [0.5, 0.6) is 0 Å². The largest absolute Gasteiger partial charge is 0.398 e. The van der Waals surface area contributed by atoms with Crippen molar-refractivity contribution in [3.05, 3.63) is 34.6 Å². The van der Waals surface area contributed by atoms with Gasteiger partial charge in [0.2, 0.25) is 5.82 Å². The van der Waals surface area contributed by atoms with Gasteiger partial charge in [-0.2, -0.15) is 0 Å². The van der Waals surface area contributed by atoms with E-state index in [1.807, 2.05) is 6.55 Å². The third-order valence-electron chi connectivity index (χ3n) is 4.72. The van der Waals surface area contributed by atoms with E-state index in [4.69, 9.17) is 8.85 Å². The lowest BCUT2D eigenvalue weighted by Gasteiger charge is -2.22. The molecule has 0 radical (unpaired) electrons. The molecule has 0 amide bonds. The van der Waals surface area contributed by atoms with Crippen LogP contribution < -0.4 is 0 Å². The molecule has 1 aromatic rings. The Balaban J connectivity index is 2.25. The molecule has 0 unspecified atom stereocenters. The molecule has 150 valence electrons. The Morgan fingerprint density at radius 2 is 1.00 bits per heavy atom. The van der Waals surface area contributed by atoms with Crippen molar-refractivity contribution in [1.29, 1.82) is 0 Å². The van der Waals surface area contributed by atoms with Gasteiger partial charge in [0.1, 0.15) is 0 Å². The van der Waals surface area contributed by atoms with Gasteiger partial charge in [0.15, 0.2) is 23.3 Å². The summed E-state index contributed by atoms with van der Waals surface area (Å²) in [6.07, 6.45) is 5.84. The molecule has 2 nitrogen and oxygen atoms in total. The van der Waals surface area contributed by atoms with E-state index in [0.717, 1.165) is 38.1 Å². The Hall–Kier alpha value is -0.993. The minimum Gasteiger partial charge on any atom is -0.398 e. The molecule has 0 heterocycles. The zero-order valence-corrected chi connectivity index (χ0v) is 16.6. The lowest BCUT2D eigenvalue weighted by atomic mass is 10.0. The molecule has 0 atom stereocenters. The fourth-order valence-electron chi connectivity index (χ4n) is 2.79. The summed E-state index contributed by atoms with van der Waals surface area (Å²) in [7, 11) is 1.33. The van der Waals surface area contributed by atoms with Gasteiger partial charge in [0.25, 0.3) is 0 Å². The van der Waals surface area contributed by atoms with Crippen molar-refractivity contribution in [2.24, 2.45) is 0 Å². The molecule has 0 spiro atoms. The molecule has 0 fully saturated rings. The van der Waals surface area contributed by atoms with Gasteiger partial charge >= 0.3 is 8.56 Å². The van der Waals surface area contributed by atoms with Crippen LogP contribution in [-0.2, 0) is 15.3 Å². The van der Waals surface area contributed by atoms with E-state index in [9.17, 15) is 22.0 Å². The normalized spacial score (nSPS) is 12.0. The number of hydrogen-bond acceptors (Lipinski definition) is 2. The molecular weight excluding hydrogens is 371 g/mol. The van der Waals surface area contributed by atoms with Crippen molar-refractivity contribution in [3.8, 4) is 0 Å². The second kappa shape index (κ2) is 11.0. The second-order valence-corrected chi connectivity index (χ2v) is 10.1. The number of benzene rings is 1. The molecule has 1 rings (SSSR count). The first-order chi connectivity index (χ1) is 12.3. The molecule has 26 heavy (non-hydrogen) atoms. The average Bonchev–Trinajstić information content (AvgIpc) is 2.65. The highest BCUT2D eigenvalue weighted by Gasteiger charge is 2.27. The van der Waals surface area contributed by atoms with Crippen LogP contribution in [0.2, 0.25) is 12.6 Å². The fourth-order valence-corrected chi connectivity index (χ4v) is 4.26. The van der Waals surface area contributed by atoms with Crippen molar-refractivity contribution >= 4 is 8.56 Å². The fraction of sp³-hybridized carbons (Fsp3) is 0.667. The third-order valence-corrected chi connectivity index (χ3v) is 7.71. The molecule has 0 saturated heterocycles. The van der Waals surface area contributed by atoms with Gasteiger partial charge < -0.3 is 8.85 Å². The highest BCUT2D eigenvalue weighted by atomic mass is 28.4. The Bertz CT molecular complexity index is 550. The van der Waals surface area contributed by atoms with Crippen LogP contribution in [0, 0.1) is 29.1 Å². The zero-order valence-electron chi connectivity index (χ0n) is 15.6. The van der Waals surface area contributed by atoms with Crippen LogP contribution in [-0.4, -0.2) is 22.8 Å². The summed E-state index contributed by atoms with van der Waals surface area (Å²) >= 11 is 0. The predicted octanol–water partition coefficient (Wildman–Crippen LogP) is 6.02. The predicted molar refractivity (Wildman–Crippen MR) is 92.7 cm³/mol. The quantitative estimate of drug-likeness (QED) is 0.141. The first-order valence-electron chi connectivity index (χ1n) is 8.88. The first-order valence-corrected chi connectivity index (χ1v) is 11.4. The smallest absolute Gasteiger partial charge is 0.334 e. The van der Waals surface area contributed by atoms with Gasteiger partial charge in [-0.3, -0.25) is 0 Å². The maximum Gasteiger partial charge on any atom is 0.334 e.